The number of piperidine rings is 1. The van der Waals surface area contributed by atoms with Gasteiger partial charge in [-0.25, -0.2) is 4.39 Å². The Morgan fingerprint density at radius 2 is 2.38 bits per heavy atom. The Hall–Kier alpha value is -0.450. The van der Waals surface area contributed by atoms with E-state index in [1.54, 1.807) is 12.1 Å². The third-order valence-corrected chi connectivity index (χ3v) is 3.23. The van der Waals surface area contributed by atoms with E-state index in [4.69, 9.17) is 4.74 Å². The number of hydrogen-bond acceptors (Lipinski definition) is 2. The molecule has 1 saturated heterocycles. The van der Waals surface area contributed by atoms with Gasteiger partial charge in [0.25, 0.3) is 0 Å². The highest BCUT2D eigenvalue weighted by Crippen LogP contribution is 2.17. The normalized spacial score (nSPS) is 21.0. The number of hydrogen-bond donors (Lipinski definition) is 1. The summed E-state index contributed by atoms with van der Waals surface area (Å²) in [6.07, 6.45) is 2.40. The molecule has 2 nitrogen and oxygen atoms in total. The summed E-state index contributed by atoms with van der Waals surface area (Å²) >= 11 is 3.33. The first-order valence-electron chi connectivity index (χ1n) is 5.52. The van der Waals surface area contributed by atoms with Gasteiger partial charge in [-0.05, 0) is 37.6 Å². The lowest BCUT2D eigenvalue weighted by Crippen LogP contribution is -2.35. The van der Waals surface area contributed by atoms with Crippen LogP contribution in [0.15, 0.2) is 22.7 Å². The van der Waals surface area contributed by atoms with Crippen LogP contribution in [0, 0.1) is 5.82 Å². The number of halogens is 2. The highest BCUT2D eigenvalue weighted by atomic mass is 79.9. The maximum Gasteiger partial charge on any atom is 0.128 e. The third kappa shape index (κ3) is 3.27. The Morgan fingerprint density at radius 3 is 3.12 bits per heavy atom. The van der Waals surface area contributed by atoms with Gasteiger partial charge in [-0.2, -0.15) is 0 Å². The molecule has 0 unspecified atom stereocenters. The van der Waals surface area contributed by atoms with Crippen LogP contribution < -0.4 is 5.32 Å². The van der Waals surface area contributed by atoms with Crippen molar-refractivity contribution in [2.45, 2.75) is 25.6 Å². The minimum absolute atomic E-state index is 0.202. The maximum absolute atomic E-state index is 13.4. The lowest BCUT2D eigenvalue weighted by atomic mass is 10.1. The summed E-state index contributed by atoms with van der Waals surface area (Å²) in [7, 11) is 0. The highest BCUT2D eigenvalue weighted by Gasteiger charge is 2.14. The fourth-order valence-electron chi connectivity index (χ4n) is 1.82. The summed E-state index contributed by atoms with van der Waals surface area (Å²) in [5.74, 6) is -0.202. The smallest absolute Gasteiger partial charge is 0.128 e. The van der Waals surface area contributed by atoms with E-state index in [-0.39, 0.29) is 11.9 Å². The second-order valence-electron chi connectivity index (χ2n) is 4.02. The van der Waals surface area contributed by atoms with Gasteiger partial charge in [0.05, 0.1) is 12.7 Å². The van der Waals surface area contributed by atoms with E-state index in [2.05, 4.69) is 21.2 Å². The molecular weight excluding hydrogens is 273 g/mol. The van der Waals surface area contributed by atoms with Crippen molar-refractivity contribution in [3.05, 3.63) is 34.1 Å². The molecule has 0 aromatic heterocycles. The largest absolute Gasteiger partial charge is 0.372 e. The van der Waals surface area contributed by atoms with Crippen molar-refractivity contribution in [3.63, 3.8) is 0 Å². The van der Waals surface area contributed by atoms with Crippen molar-refractivity contribution in [1.82, 2.24) is 5.32 Å². The predicted molar refractivity (Wildman–Crippen MR) is 64.8 cm³/mol. The number of benzene rings is 1. The summed E-state index contributed by atoms with van der Waals surface area (Å²) in [5, 5.41) is 3.27. The third-order valence-electron chi connectivity index (χ3n) is 2.73. The molecule has 1 heterocycles. The van der Waals surface area contributed by atoms with E-state index < -0.39 is 0 Å². The molecular formula is C12H15BrFNO. The fraction of sp³-hybridized carbons (Fsp3) is 0.500. The summed E-state index contributed by atoms with van der Waals surface area (Å²) < 4.78 is 20.0. The van der Waals surface area contributed by atoms with Gasteiger partial charge in [-0.1, -0.05) is 15.9 Å². The molecule has 0 radical (unpaired) electrons. The van der Waals surface area contributed by atoms with Crippen LogP contribution in [0.2, 0.25) is 0 Å². The van der Waals surface area contributed by atoms with E-state index in [1.165, 1.54) is 6.07 Å². The Balaban J connectivity index is 1.90. The standard InChI is InChI=1S/C12H15BrFNO/c13-10-3-4-12(14)9(6-10)8-16-11-2-1-5-15-7-11/h3-4,6,11,15H,1-2,5,7-8H2/t11-/m0/s1. The van der Waals surface area contributed by atoms with Crippen molar-refractivity contribution in [1.29, 1.82) is 0 Å². The molecule has 0 saturated carbocycles. The second-order valence-corrected chi connectivity index (χ2v) is 4.93. The molecule has 0 aliphatic carbocycles. The molecule has 88 valence electrons. The summed E-state index contributed by atoms with van der Waals surface area (Å²) in [6, 6.07) is 4.93. The summed E-state index contributed by atoms with van der Waals surface area (Å²) in [4.78, 5) is 0. The zero-order valence-corrected chi connectivity index (χ0v) is 10.6. The van der Waals surface area contributed by atoms with Crippen molar-refractivity contribution < 1.29 is 9.13 Å². The zero-order valence-electron chi connectivity index (χ0n) is 9.01. The van der Waals surface area contributed by atoms with Crippen molar-refractivity contribution >= 4 is 15.9 Å². The minimum Gasteiger partial charge on any atom is -0.372 e. The SMILES string of the molecule is Fc1ccc(Br)cc1CO[C@H]1CCCNC1. The van der Waals surface area contributed by atoms with Crippen molar-refractivity contribution in [2.24, 2.45) is 0 Å². The van der Waals surface area contributed by atoms with Gasteiger partial charge in [0.1, 0.15) is 5.82 Å². The van der Waals surface area contributed by atoms with Crippen LogP contribution in [0.3, 0.4) is 0 Å². The first-order valence-corrected chi connectivity index (χ1v) is 6.31. The number of ether oxygens (including phenoxy) is 1. The van der Waals surface area contributed by atoms with Crippen LogP contribution >= 0.6 is 15.9 Å². The maximum atomic E-state index is 13.4. The Labute approximate surface area is 103 Å². The quantitative estimate of drug-likeness (QED) is 0.923. The molecule has 16 heavy (non-hydrogen) atoms. The molecule has 1 fully saturated rings. The van der Waals surface area contributed by atoms with Crippen molar-refractivity contribution in [3.8, 4) is 0 Å². The van der Waals surface area contributed by atoms with E-state index in [1.807, 2.05) is 0 Å². The Morgan fingerprint density at radius 1 is 1.50 bits per heavy atom. The van der Waals surface area contributed by atoms with E-state index >= 15 is 0 Å². The monoisotopic (exact) mass is 287 g/mol. The molecule has 1 aliphatic heterocycles. The van der Waals surface area contributed by atoms with Crippen LogP contribution in [-0.4, -0.2) is 19.2 Å². The van der Waals surface area contributed by atoms with Gasteiger partial charge in [-0.15, -0.1) is 0 Å². The fourth-order valence-corrected chi connectivity index (χ4v) is 2.23. The molecule has 1 aliphatic rings. The first kappa shape index (κ1) is 12.0. The van der Waals surface area contributed by atoms with E-state index in [0.29, 0.717) is 12.2 Å². The van der Waals surface area contributed by atoms with Gasteiger partial charge < -0.3 is 10.1 Å². The molecule has 0 bridgehead atoms. The molecule has 0 amide bonds. The summed E-state index contributed by atoms with van der Waals surface area (Å²) in [5.41, 5.74) is 0.611. The highest BCUT2D eigenvalue weighted by molar-refractivity contribution is 9.10. The molecule has 1 N–H and O–H groups in total. The zero-order chi connectivity index (χ0) is 11.4. The second kappa shape index (κ2) is 5.75. The minimum atomic E-state index is -0.202. The van der Waals surface area contributed by atoms with Gasteiger partial charge in [-0.3, -0.25) is 0 Å². The van der Waals surface area contributed by atoms with E-state index in [9.17, 15) is 4.39 Å². The average Bonchev–Trinajstić information content (AvgIpc) is 2.32. The predicted octanol–water partition coefficient (Wildman–Crippen LogP) is 2.86. The number of rotatable bonds is 3. The summed E-state index contributed by atoms with van der Waals surface area (Å²) in [6.45, 7) is 2.28. The molecule has 4 heteroatoms. The van der Waals surface area contributed by atoms with Crippen molar-refractivity contribution in [2.75, 3.05) is 13.1 Å². The van der Waals surface area contributed by atoms with Crippen LogP contribution in [-0.2, 0) is 11.3 Å². The Kier molecular flexibility index (Phi) is 4.32. The van der Waals surface area contributed by atoms with Crippen LogP contribution in [0.25, 0.3) is 0 Å². The first-order chi connectivity index (χ1) is 7.75. The molecule has 1 atom stereocenters. The van der Waals surface area contributed by atoms with Gasteiger partial charge in [0.15, 0.2) is 0 Å². The lowest BCUT2D eigenvalue weighted by molar-refractivity contribution is 0.0239. The van der Waals surface area contributed by atoms with Gasteiger partial charge in [0.2, 0.25) is 0 Å². The Bertz CT molecular complexity index is 353. The van der Waals surface area contributed by atoms with Gasteiger partial charge >= 0.3 is 0 Å². The molecule has 0 spiro atoms. The molecule has 2 rings (SSSR count). The lowest BCUT2D eigenvalue weighted by Gasteiger charge is -2.23. The molecule has 1 aromatic rings. The van der Waals surface area contributed by atoms with Crippen LogP contribution in [0.1, 0.15) is 18.4 Å². The van der Waals surface area contributed by atoms with Crippen LogP contribution in [0.4, 0.5) is 4.39 Å². The topological polar surface area (TPSA) is 21.3 Å². The van der Waals surface area contributed by atoms with E-state index in [0.717, 1.165) is 30.4 Å². The number of nitrogens with one attached hydrogen (secondary N) is 1. The average molecular weight is 288 g/mol. The molecule has 1 aromatic carbocycles. The van der Waals surface area contributed by atoms with Gasteiger partial charge in [0, 0.05) is 16.6 Å². The van der Waals surface area contributed by atoms with Crippen LogP contribution in [0.5, 0.6) is 0 Å².